The zero-order chi connectivity index (χ0) is 9.64. The Hall–Kier alpha value is -0.500. The molecule has 0 fully saturated rings. The number of fused-ring (bicyclic) bond motifs is 1. The van der Waals surface area contributed by atoms with Gasteiger partial charge in [-0.15, -0.1) is 0 Å². The van der Waals surface area contributed by atoms with Gasteiger partial charge >= 0.3 is 0 Å². The number of halogens is 1. The molecule has 0 spiro atoms. The van der Waals surface area contributed by atoms with Gasteiger partial charge in [-0.1, -0.05) is 32.4 Å². The molecule has 0 radical (unpaired) electrons. The quantitative estimate of drug-likeness (QED) is 0.627. The number of rotatable bonds is 0. The van der Waals surface area contributed by atoms with E-state index >= 15 is 0 Å². The van der Waals surface area contributed by atoms with Crippen LogP contribution in [0.4, 0.5) is 0 Å². The predicted octanol–water partition coefficient (Wildman–Crippen LogP) is 2.78. The molecule has 0 amide bonds. The second-order valence-electron chi connectivity index (χ2n) is 4.69. The van der Waals surface area contributed by atoms with Crippen LogP contribution in [0.2, 0.25) is 5.02 Å². The minimum absolute atomic E-state index is 0.0639. The summed E-state index contributed by atoms with van der Waals surface area (Å²) in [7, 11) is 0. The summed E-state index contributed by atoms with van der Waals surface area (Å²) < 4.78 is 2.06. The molecule has 2 heterocycles. The van der Waals surface area contributed by atoms with Crippen LogP contribution < -0.4 is 0 Å². The molecule has 0 saturated carbocycles. The van der Waals surface area contributed by atoms with E-state index in [0.29, 0.717) is 0 Å². The average Bonchev–Trinajstić information content (AvgIpc) is 2.51. The van der Waals surface area contributed by atoms with Gasteiger partial charge in [0.05, 0.1) is 16.4 Å². The predicted molar refractivity (Wildman–Crippen MR) is 54.3 cm³/mol. The van der Waals surface area contributed by atoms with Crippen molar-refractivity contribution >= 4 is 11.6 Å². The summed E-state index contributed by atoms with van der Waals surface area (Å²) >= 11 is 6.27. The largest absolute Gasteiger partial charge is 0.268 e. The minimum atomic E-state index is 0.0639. The summed E-state index contributed by atoms with van der Waals surface area (Å²) in [5.74, 6) is 0. The highest BCUT2D eigenvalue weighted by atomic mass is 35.5. The van der Waals surface area contributed by atoms with Crippen molar-refractivity contribution in [3.8, 4) is 0 Å². The third kappa shape index (κ3) is 1.37. The summed E-state index contributed by atoms with van der Waals surface area (Å²) in [6.45, 7) is 7.48. The van der Waals surface area contributed by atoms with Crippen LogP contribution in [-0.4, -0.2) is 9.78 Å². The lowest BCUT2D eigenvalue weighted by atomic mass is 9.92. The van der Waals surface area contributed by atoms with Gasteiger partial charge in [0, 0.05) is 12.0 Å². The highest BCUT2D eigenvalue weighted by Crippen LogP contribution is 2.33. The summed E-state index contributed by atoms with van der Waals surface area (Å²) in [4.78, 5) is 0. The van der Waals surface area contributed by atoms with Crippen LogP contribution >= 0.6 is 11.6 Å². The molecule has 2 rings (SSSR count). The maximum atomic E-state index is 6.27. The van der Waals surface area contributed by atoms with Gasteiger partial charge in [0.15, 0.2) is 0 Å². The van der Waals surface area contributed by atoms with E-state index in [9.17, 15) is 0 Å². The molecule has 0 aliphatic carbocycles. The molecule has 3 heteroatoms. The molecule has 0 saturated heterocycles. The van der Waals surface area contributed by atoms with Crippen LogP contribution in [0.1, 0.15) is 38.6 Å². The van der Waals surface area contributed by atoms with Crippen LogP contribution in [0.15, 0.2) is 0 Å². The van der Waals surface area contributed by atoms with Crippen molar-refractivity contribution < 1.29 is 0 Å². The first-order valence-corrected chi connectivity index (χ1v) is 5.13. The van der Waals surface area contributed by atoms with E-state index in [4.69, 9.17) is 11.6 Å². The molecule has 0 bridgehead atoms. The molecule has 2 nitrogen and oxygen atoms in total. The van der Waals surface area contributed by atoms with Gasteiger partial charge in [-0.3, -0.25) is 4.68 Å². The Labute approximate surface area is 83.9 Å². The topological polar surface area (TPSA) is 17.8 Å². The van der Waals surface area contributed by atoms with Gasteiger partial charge in [0.2, 0.25) is 0 Å². The molecule has 72 valence electrons. The van der Waals surface area contributed by atoms with E-state index in [1.807, 2.05) is 0 Å². The molecule has 0 aromatic carbocycles. The van der Waals surface area contributed by atoms with Crippen molar-refractivity contribution in [3.63, 3.8) is 0 Å². The van der Waals surface area contributed by atoms with Crippen LogP contribution in [-0.2, 0) is 18.4 Å². The minimum Gasteiger partial charge on any atom is -0.268 e. The molecule has 1 aliphatic rings. The van der Waals surface area contributed by atoms with Crippen molar-refractivity contribution in [2.75, 3.05) is 0 Å². The summed E-state index contributed by atoms with van der Waals surface area (Å²) in [6, 6.07) is 0. The van der Waals surface area contributed by atoms with E-state index in [1.54, 1.807) is 0 Å². The van der Waals surface area contributed by atoms with Gasteiger partial charge in [-0.05, 0) is 12.8 Å². The molecule has 0 N–H and O–H groups in total. The second kappa shape index (κ2) is 2.74. The molecule has 1 aliphatic heterocycles. The lowest BCUT2D eigenvalue weighted by Gasteiger charge is -2.15. The average molecular weight is 199 g/mol. The van der Waals surface area contributed by atoms with E-state index < -0.39 is 0 Å². The third-order valence-electron chi connectivity index (χ3n) is 2.49. The lowest BCUT2D eigenvalue weighted by Crippen LogP contribution is -2.13. The van der Waals surface area contributed by atoms with E-state index in [0.717, 1.165) is 23.7 Å². The molecule has 13 heavy (non-hydrogen) atoms. The monoisotopic (exact) mass is 198 g/mol. The van der Waals surface area contributed by atoms with Crippen molar-refractivity contribution in [1.29, 1.82) is 0 Å². The summed E-state index contributed by atoms with van der Waals surface area (Å²) in [6.07, 6.45) is 2.27. The number of aromatic nitrogens is 2. The van der Waals surface area contributed by atoms with Gasteiger partial charge in [0.25, 0.3) is 0 Å². The molecule has 0 unspecified atom stereocenters. The number of hydrogen-bond acceptors (Lipinski definition) is 1. The van der Waals surface area contributed by atoms with Crippen LogP contribution in [0.5, 0.6) is 0 Å². The van der Waals surface area contributed by atoms with E-state index in [2.05, 4.69) is 30.6 Å². The van der Waals surface area contributed by atoms with Gasteiger partial charge in [-0.2, -0.15) is 5.10 Å². The zero-order valence-electron chi connectivity index (χ0n) is 8.39. The molecular weight excluding hydrogens is 184 g/mol. The van der Waals surface area contributed by atoms with Crippen molar-refractivity contribution in [3.05, 3.63) is 16.4 Å². The Balaban J connectivity index is 2.51. The Bertz CT molecular complexity index is 333. The molecule has 0 atom stereocenters. The maximum absolute atomic E-state index is 6.27. The van der Waals surface area contributed by atoms with Crippen molar-refractivity contribution in [1.82, 2.24) is 9.78 Å². The van der Waals surface area contributed by atoms with Crippen LogP contribution in [0, 0.1) is 0 Å². The lowest BCUT2D eigenvalue weighted by molar-refractivity contribution is 0.539. The van der Waals surface area contributed by atoms with E-state index in [1.165, 1.54) is 12.1 Å². The fourth-order valence-electron chi connectivity index (χ4n) is 1.77. The smallest absolute Gasteiger partial charge is 0.0867 e. The normalized spacial score (nSPS) is 16.3. The second-order valence-corrected chi connectivity index (χ2v) is 5.06. The van der Waals surface area contributed by atoms with E-state index in [-0.39, 0.29) is 5.41 Å². The summed E-state index contributed by atoms with van der Waals surface area (Å²) in [5.41, 5.74) is 2.34. The standard InChI is InChI=1S/C10H15ClN2/c1-10(2,3)9-8(11)7-5-4-6-13(7)12-9/h4-6H2,1-3H3. The number of nitrogens with zero attached hydrogens (tertiary/aromatic N) is 2. The molecule has 1 aromatic rings. The Morgan fingerprint density at radius 1 is 1.38 bits per heavy atom. The Kier molecular flexibility index (Phi) is 1.91. The summed E-state index contributed by atoms with van der Waals surface area (Å²) in [5, 5.41) is 5.44. The number of aryl methyl sites for hydroxylation is 1. The van der Waals surface area contributed by atoms with Crippen LogP contribution in [0.25, 0.3) is 0 Å². The highest BCUT2D eigenvalue weighted by molar-refractivity contribution is 6.32. The van der Waals surface area contributed by atoms with Crippen molar-refractivity contribution in [2.45, 2.75) is 45.6 Å². The Morgan fingerprint density at radius 2 is 2.08 bits per heavy atom. The Morgan fingerprint density at radius 3 is 2.62 bits per heavy atom. The first-order chi connectivity index (χ1) is 6.00. The molecule has 1 aromatic heterocycles. The van der Waals surface area contributed by atoms with Gasteiger partial charge in [0.1, 0.15) is 0 Å². The fraction of sp³-hybridized carbons (Fsp3) is 0.700. The van der Waals surface area contributed by atoms with Crippen LogP contribution in [0.3, 0.4) is 0 Å². The number of hydrogen-bond donors (Lipinski definition) is 0. The van der Waals surface area contributed by atoms with Gasteiger partial charge < -0.3 is 0 Å². The van der Waals surface area contributed by atoms with Gasteiger partial charge in [-0.25, -0.2) is 0 Å². The molecular formula is C10H15ClN2. The maximum Gasteiger partial charge on any atom is 0.0867 e. The first kappa shape index (κ1) is 9.07. The van der Waals surface area contributed by atoms with Crippen molar-refractivity contribution in [2.24, 2.45) is 0 Å². The SMILES string of the molecule is CC(C)(C)c1nn2c(c1Cl)CCC2. The fourth-order valence-corrected chi connectivity index (χ4v) is 2.29. The highest BCUT2D eigenvalue weighted by Gasteiger charge is 2.27. The third-order valence-corrected chi connectivity index (χ3v) is 2.88. The first-order valence-electron chi connectivity index (χ1n) is 4.76. The zero-order valence-corrected chi connectivity index (χ0v) is 9.15.